The molecule has 1 saturated carbocycles. The van der Waals surface area contributed by atoms with Crippen LogP contribution in [0.1, 0.15) is 18.4 Å². The summed E-state index contributed by atoms with van der Waals surface area (Å²) in [6.45, 7) is 1.40. The Morgan fingerprint density at radius 1 is 1.39 bits per heavy atom. The molecular weight excluding hydrogens is 362 g/mol. The third kappa shape index (κ3) is 3.70. The van der Waals surface area contributed by atoms with Crippen LogP contribution in [0.5, 0.6) is 5.75 Å². The van der Waals surface area contributed by atoms with Crippen molar-refractivity contribution < 1.29 is 9.84 Å². The van der Waals surface area contributed by atoms with E-state index in [1.165, 1.54) is 12.8 Å². The molecule has 1 unspecified atom stereocenters. The van der Waals surface area contributed by atoms with Crippen LogP contribution in [0, 0.1) is 5.92 Å². The van der Waals surface area contributed by atoms with Gasteiger partial charge in [0.25, 0.3) is 0 Å². The van der Waals surface area contributed by atoms with Crippen molar-refractivity contribution in [3.8, 4) is 5.75 Å². The van der Waals surface area contributed by atoms with Crippen LogP contribution in [0.15, 0.2) is 21.1 Å². The average molecular weight is 379 g/mol. The molecule has 0 bridgehead atoms. The fraction of sp³-hybridized carbons (Fsp3) is 0.538. The highest BCUT2D eigenvalue weighted by Gasteiger charge is 2.29. The van der Waals surface area contributed by atoms with Gasteiger partial charge in [0, 0.05) is 13.1 Å². The molecule has 1 fully saturated rings. The summed E-state index contributed by atoms with van der Waals surface area (Å²) in [6, 6.07) is 4.06. The molecule has 2 N–H and O–H groups in total. The average Bonchev–Trinajstić information content (AvgIpc) is 3.12. The minimum absolute atomic E-state index is 0.199. The highest BCUT2D eigenvalue weighted by Crippen LogP contribution is 2.34. The Hall–Kier alpha value is -0.100. The molecule has 1 aromatic carbocycles. The molecule has 0 heterocycles. The van der Waals surface area contributed by atoms with Crippen LogP contribution in [0.4, 0.5) is 0 Å². The first-order valence-electron chi connectivity index (χ1n) is 6.02. The predicted molar refractivity (Wildman–Crippen MR) is 78.8 cm³/mol. The van der Waals surface area contributed by atoms with Crippen LogP contribution in [0.2, 0.25) is 0 Å². The zero-order chi connectivity index (χ0) is 13.1. The third-order valence-corrected chi connectivity index (χ3v) is 4.29. The molecule has 1 aliphatic rings. The number of ether oxygens (including phenoxy) is 1. The van der Waals surface area contributed by atoms with Gasteiger partial charge in [0.2, 0.25) is 0 Å². The second-order valence-corrected chi connectivity index (χ2v) is 6.34. The van der Waals surface area contributed by atoms with E-state index in [1.54, 1.807) is 7.11 Å². The Morgan fingerprint density at radius 2 is 2.00 bits per heavy atom. The van der Waals surface area contributed by atoms with E-state index in [9.17, 15) is 5.11 Å². The number of rotatable bonds is 6. The third-order valence-electron chi connectivity index (χ3n) is 3.11. The maximum absolute atomic E-state index is 9.76. The number of hydrogen-bond donors (Lipinski definition) is 2. The molecule has 1 atom stereocenters. The standard InChI is InChI=1S/C13H17Br2NO2/c1-18-13-10(14)4-8(5-11(13)15)6-16-7-12(17)9-2-3-9/h4-5,9,12,16-17H,2-3,6-7H2,1H3. The lowest BCUT2D eigenvalue weighted by atomic mass is 10.2. The van der Waals surface area contributed by atoms with E-state index in [0.717, 1.165) is 26.8 Å². The zero-order valence-electron chi connectivity index (χ0n) is 10.2. The second-order valence-electron chi connectivity index (χ2n) is 4.63. The molecule has 2 rings (SSSR count). The van der Waals surface area contributed by atoms with Gasteiger partial charge in [-0.3, -0.25) is 0 Å². The molecule has 100 valence electrons. The molecular formula is C13H17Br2NO2. The Morgan fingerprint density at radius 3 is 2.50 bits per heavy atom. The van der Waals surface area contributed by atoms with E-state index in [4.69, 9.17) is 4.74 Å². The van der Waals surface area contributed by atoms with Crippen molar-refractivity contribution in [3.63, 3.8) is 0 Å². The first kappa shape index (κ1) is 14.3. The Kier molecular flexibility index (Phi) is 5.06. The lowest BCUT2D eigenvalue weighted by Crippen LogP contribution is -2.27. The van der Waals surface area contributed by atoms with Crippen LogP contribution in [-0.2, 0) is 6.54 Å². The molecule has 18 heavy (non-hydrogen) atoms. The fourth-order valence-corrected chi connectivity index (χ4v) is 3.53. The predicted octanol–water partition coefficient (Wildman–Crippen LogP) is 3.08. The molecule has 5 heteroatoms. The first-order chi connectivity index (χ1) is 8.61. The number of benzene rings is 1. The van der Waals surface area contributed by atoms with Crippen molar-refractivity contribution >= 4 is 31.9 Å². The smallest absolute Gasteiger partial charge is 0.147 e. The van der Waals surface area contributed by atoms with Gasteiger partial charge in [-0.25, -0.2) is 0 Å². The van der Waals surface area contributed by atoms with E-state index in [2.05, 4.69) is 37.2 Å². The largest absolute Gasteiger partial charge is 0.494 e. The van der Waals surface area contributed by atoms with Gasteiger partial charge in [-0.05, 0) is 68.3 Å². The lowest BCUT2D eigenvalue weighted by molar-refractivity contribution is 0.148. The molecule has 0 aliphatic heterocycles. The minimum atomic E-state index is -0.199. The number of halogens is 2. The maximum atomic E-state index is 9.76. The van der Waals surface area contributed by atoms with Gasteiger partial charge in [0.15, 0.2) is 0 Å². The topological polar surface area (TPSA) is 41.5 Å². The van der Waals surface area contributed by atoms with Gasteiger partial charge in [-0.1, -0.05) is 0 Å². The van der Waals surface area contributed by atoms with Crippen molar-refractivity contribution in [1.29, 1.82) is 0 Å². The van der Waals surface area contributed by atoms with Crippen LogP contribution < -0.4 is 10.1 Å². The van der Waals surface area contributed by atoms with Crippen LogP contribution >= 0.6 is 31.9 Å². The van der Waals surface area contributed by atoms with Crippen LogP contribution in [0.3, 0.4) is 0 Å². The molecule has 3 nitrogen and oxygen atoms in total. The van der Waals surface area contributed by atoms with Crippen LogP contribution in [0.25, 0.3) is 0 Å². The molecule has 0 spiro atoms. The summed E-state index contributed by atoms with van der Waals surface area (Å²) in [5.41, 5.74) is 1.15. The highest BCUT2D eigenvalue weighted by atomic mass is 79.9. The number of nitrogens with one attached hydrogen (secondary N) is 1. The molecule has 1 aliphatic carbocycles. The lowest BCUT2D eigenvalue weighted by Gasteiger charge is -2.12. The SMILES string of the molecule is COc1c(Br)cc(CNCC(O)C2CC2)cc1Br. The van der Waals surface area contributed by atoms with Gasteiger partial charge in [-0.15, -0.1) is 0 Å². The fourth-order valence-electron chi connectivity index (χ4n) is 1.92. The van der Waals surface area contributed by atoms with Crippen LogP contribution in [-0.4, -0.2) is 24.9 Å². The number of hydrogen-bond acceptors (Lipinski definition) is 3. The summed E-state index contributed by atoms with van der Waals surface area (Å²) in [6.07, 6.45) is 2.14. The summed E-state index contributed by atoms with van der Waals surface area (Å²) in [4.78, 5) is 0. The van der Waals surface area contributed by atoms with Crippen molar-refractivity contribution in [1.82, 2.24) is 5.32 Å². The number of aliphatic hydroxyl groups is 1. The summed E-state index contributed by atoms with van der Waals surface area (Å²) >= 11 is 6.96. The molecule has 0 radical (unpaired) electrons. The molecule has 1 aromatic rings. The zero-order valence-corrected chi connectivity index (χ0v) is 13.4. The summed E-state index contributed by atoms with van der Waals surface area (Å²) < 4.78 is 7.12. The van der Waals surface area contributed by atoms with Crippen molar-refractivity contribution in [2.75, 3.05) is 13.7 Å². The minimum Gasteiger partial charge on any atom is -0.494 e. The normalized spacial score (nSPS) is 16.7. The maximum Gasteiger partial charge on any atom is 0.147 e. The van der Waals surface area contributed by atoms with Gasteiger partial charge < -0.3 is 15.2 Å². The van der Waals surface area contributed by atoms with E-state index in [-0.39, 0.29) is 6.10 Å². The quantitative estimate of drug-likeness (QED) is 0.799. The Bertz CT molecular complexity index is 398. The van der Waals surface area contributed by atoms with Gasteiger partial charge in [0.05, 0.1) is 22.2 Å². The number of methoxy groups -OCH3 is 1. The first-order valence-corrected chi connectivity index (χ1v) is 7.61. The van der Waals surface area contributed by atoms with Gasteiger partial charge >= 0.3 is 0 Å². The van der Waals surface area contributed by atoms with Gasteiger partial charge in [-0.2, -0.15) is 0 Å². The van der Waals surface area contributed by atoms with Crippen molar-refractivity contribution in [3.05, 3.63) is 26.6 Å². The molecule has 0 amide bonds. The van der Waals surface area contributed by atoms with Gasteiger partial charge in [0.1, 0.15) is 5.75 Å². The molecule has 0 saturated heterocycles. The molecule has 0 aromatic heterocycles. The van der Waals surface area contributed by atoms with E-state index in [1.807, 2.05) is 12.1 Å². The van der Waals surface area contributed by atoms with E-state index in [0.29, 0.717) is 12.5 Å². The summed E-state index contributed by atoms with van der Waals surface area (Å²) in [7, 11) is 1.65. The Labute approximate surface area is 124 Å². The monoisotopic (exact) mass is 377 g/mol. The van der Waals surface area contributed by atoms with Crippen molar-refractivity contribution in [2.24, 2.45) is 5.92 Å². The summed E-state index contributed by atoms with van der Waals surface area (Å²) in [5, 5.41) is 13.0. The summed E-state index contributed by atoms with van der Waals surface area (Å²) in [5.74, 6) is 1.32. The Balaban J connectivity index is 1.89. The van der Waals surface area contributed by atoms with E-state index < -0.39 is 0 Å². The van der Waals surface area contributed by atoms with E-state index >= 15 is 0 Å². The second kappa shape index (κ2) is 6.37. The highest BCUT2D eigenvalue weighted by molar-refractivity contribution is 9.11. The number of aliphatic hydroxyl groups excluding tert-OH is 1. The van der Waals surface area contributed by atoms with Crippen molar-refractivity contribution in [2.45, 2.75) is 25.5 Å².